The first-order chi connectivity index (χ1) is 6.38. The predicted molar refractivity (Wildman–Crippen MR) is 50.7 cm³/mol. The minimum atomic E-state index is -0.261. The fraction of sp³-hybridized carbons (Fsp3) is 1.00. The van der Waals surface area contributed by atoms with Crippen molar-refractivity contribution in [1.29, 1.82) is 0 Å². The van der Waals surface area contributed by atoms with Crippen LogP contribution in [-0.2, 0) is 4.74 Å². The summed E-state index contributed by atoms with van der Waals surface area (Å²) >= 11 is 0. The van der Waals surface area contributed by atoms with Gasteiger partial charge in [0.25, 0.3) is 0 Å². The van der Waals surface area contributed by atoms with E-state index in [-0.39, 0.29) is 6.67 Å². The molecule has 1 aliphatic rings. The molecule has 0 aromatic carbocycles. The van der Waals surface area contributed by atoms with Gasteiger partial charge in [-0.1, -0.05) is 6.92 Å². The molecule has 0 spiro atoms. The maximum Gasteiger partial charge on any atom is 0.102 e. The molecule has 1 N–H and O–H groups in total. The van der Waals surface area contributed by atoms with Crippen LogP contribution in [0.1, 0.15) is 6.92 Å². The maximum atomic E-state index is 12.2. The van der Waals surface area contributed by atoms with E-state index in [2.05, 4.69) is 17.1 Å². The Morgan fingerprint density at radius 1 is 1.62 bits per heavy atom. The molecule has 1 unspecified atom stereocenters. The lowest BCUT2D eigenvalue weighted by atomic mass is 10.2. The van der Waals surface area contributed by atoms with E-state index < -0.39 is 0 Å². The molecule has 78 valence electrons. The number of alkyl halides is 1. The quantitative estimate of drug-likeness (QED) is 0.673. The van der Waals surface area contributed by atoms with Crippen LogP contribution >= 0.6 is 0 Å². The number of nitrogens with zero attached hydrogens (tertiary/aromatic N) is 1. The molecule has 1 rings (SSSR count). The highest BCUT2D eigenvalue weighted by Crippen LogP contribution is 2.05. The van der Waals surface area contributed by atoms with Gasteiger partial charge in [-0.2, -0.15) is 0 Å². The fourth-order valence-corrected chi connectivity index (χ4v) is 1.59. The van der Waals surface area contributed by atoms with Crippen LogP contribution < -0.4 is 5.32 Å². The number of ether oxygens (including phenoxy) is 1. The van der Waals surface area contributed by atoms with Crippen LogP contribution in [0.3, 0.4) is 0 Å². The molecule has 1 saturated heterocycles. The number of rotatable bonds is 5. The Morgan fingerprint density at radius 3 is 3.15 bits per heavy atom. The third-order valence-electron chi connectivity index (χ3n) is 2.35. The second kappa shape index (κ2) is 6.29. The molecule has 0 bridgehead atoms. The van der Waals surface area contributed by atoms with Gasteiger partial charge in [0.1, 0.15) is 6.67 Å². The summed E-state index contributed by atoms with van der Waals surface area (Å²) < 4.78 is 17.5. The normalized spacial score (nSPS) is 24.9. The highest BCUT2D eigenvalue weighted by atomic mass is 19.1. The van der Waals surface area contributed by atoms with E-state index in [0.717, 1.165) is 32.8 Å². The third kappa shape index (κ3) is 3.58. The van der Waals surface area contributed by atoms with Gasteiger partial charge in [0.15, 0.2) is 0 Å². The van der Waals surface area contributed by atoms with Crippen molar-refractivity contribution in [1.82, 2.24) is 10.2 Å². The highest BCUT2D eigenvalue weighted by Gasteiger charge is 2.21. The van der Waals surface area contributed by atoms with Crippen molar-refractivity contribution < 1.29 is 9.13 Å². The van der Waals surface area contributed by atoms with Crippen LogP contribution in [0, 0.1) is 0 Å². The molecule has 1 aliphatic heterocycles. The van der Waals surface area contributed by atoms with E-state index in [1.165, 1.54) is 0 Å². The van der Waals surface area contributed by atoms with Gasteiger partial charge in [0.05, 0.1) is 13.2 Å². The molecule has 1 atom stereocenters. The van der Waals surface area contributed by atoms with Gasteiger partial charge in [0.2, 0.25) is 0 Å². The molecule has 0 saturated carbocycles. The zero-order valence-corrected chi connectivity index (χ0v) is 8.26. The Morgan fingerprint density at radius 2 is 2.46 bits per heavy atom. The monoisotopic (exact) mass is 190 g/mol. The number of hydrogen-bond donors (Lipinski definition) is 1. The Kier molecular flexibility index (Phi) is 5.27. The Labute approximate surface area is 79.2 Å². The van der Waals surface area contributed by atoms with Crippen LogP contribution in [0.5, 0.6) is 0 Å². The molecule has 0 aliphatic carbocycles. The van der Waals surface area contributed by atoms with E-state index in [0.29, 0.717) is 12.6 Å². The molecule has 0 aromatic heterocycles. The van der Waals surface area contributed by atoms with Crippen molar-refractivity contribution in [3.05, 3.63) is 0 Å². The molecule has 1 fully saturated rings. The minimum absolute atomic E-state index is 0.261. The summed E-state index contributed by atoms with van der Waals surface area (Å²) in [5, 5.41) is 3.26. The zero-order valence-electron chi connectivity index (χ0n) is 8.26. The highest BCUT2D eigenvalue weighted by molar-refractivity contribution is 4.76. The van der Waals surface area contributed by atoms with Crippen LogP contribution in [0.15, 0.2) is 0 Å². The van der Waals surface area contributed by atoms with E-state index in [4.69, 9.17) is 4.74 Å². The largest absolute Gasteiger partial charge is 0.378 e. The van der Waals surface area contributed by atoms with E-state index in [9.17, 15) is 4.39 Å². The lowest BCUT2D eigenvalue weighted by Gasteiger charge is -2.34. The molecule has 0 radical (unpaired) electrons. The number of likely N-dealkylation sites (N-methyl/N-ethyl adjacent to an activating group) is 1. The zero-order chi connectivity index (χ0) is 9.52. The van der Waals surface area contributed by atoms with Gasteiger partial charge in [-0.25, -0.2) is 4.39 Å². The lowest BCUT2D eigenvalue weighted by Crippen LogP contribution is -2.50. The van der Waals surface area contributed by atoms with Gasteiger partial charge in [-0.3, -0.25) is 4.90 Å². The molecule has 0 amide bonds. The summed E-state index contributed by atoms with van der Waals surface area (Å²) in [5.74, 6) is 0. The second-order valence-electron chi connectivity index (χ2n) is 3.26. The van der Waals surface area contributed by atoms with Crippen molar-refractivity contribution in [3.63, 3.8) is 0 Å². The number of nitrogens with one attached hydrogen (secondary N) is 1. The SMILES string of the molecule is CCNCC1COCCN1CCF. The first-order valence-corrected chi connectivity index (χ1v) is 4.97. The lowest BCUT2D eigenvalue weighted by molar-refractivity contribution is -0.00867. The van der Waals surface area contributed by atoms with Gasteiger partial charge in [-0.15, -0.1) is 0 Å². The Hall–Kier alpha value is -0.190. The minimum Gasteiger partial charge on any atom is -0.378 e. The second-order valence-corrected chi connectivity index (χ2v) is 3.26. The molecular weight excluding hydrogens is 171 g/mol. The van der Waals surface area contributed by atoms with Crippen molar-refractivity contribution in [2.45, 2.75) is 13.0 Å². The van der Waals surface area contributed by atoms with Crippen molar-refractivity contribution >= 4 is 0 Å². The van der Waals surface area contributed by atoms with Crippen molar-refractivity contribution in [3.8, 4) is 0 Å². The van der Waals surface area contributed by atoms with Crippen LogP contribution in [-0.4, -0.2) is 57.0 Å². The average Bonchev–Trinajstić information content (AvgIpc) is 2.17. The Balaban J connectivity index is 2.28. The van der Waals surface area contributed by atoms with E-state index in [1.807, 2.05) is 0 Å². The third-order valence-corrected chi connectivity index (χ3v) is 2.35. The van der Waals surface area contributed by atoms with E-state index >= 15 is 0 Å². The van der Waals surface area contributed by atoms with Crippen molar-refractivity contribution in [2.24, 2.45) is 0 Å². The standard InChI is InChI=1S/C9H19FN2O/c1-2-11-7-9-8-13-6-5-12(9)4-3-10/h9,11H,2-8H2,1H3. The maximum absolute atomic E-state index is 12.2. The topological polar surface area (TPSA) is 24.5 Å². The van der Waals surface area contributed by atoms with Crippen LogP contribution in [0.4, 0.5) is 4.39 Å². The number of halogens is 1. The molecular formula is C9H19FN2O. The van der Waals surface area contributed by atoms with Gasteiger partial charge >= 0.3 is 0 Å². The first-order valence-electron chi connectivity index (χ1n) is 4.97. The smallest absolute Gasteiger partial charge is 0.102 e. The van der Waals surface area contributed by atoms with Crippen LogP contribution in [0.2, 0.25) is 0 Å². The van der Waals surface area contributed by atoms with Crippen molar-refractivity contribution in [2.75, 3.05) is 46.1 Å². The molecule has 13 heavy (non-hydrogen) atoms. The summed E-state index contributed by atoms with van der Waals surface area (Å²) in [6, 6.07) is 0.351. The van der Waals surface area contributed by atoms with Gasteiger partial charge in [-0.05, 0) is 6.54 Å². The molecule has 0 aromatic rings. The summed E-state index contributed by atoms with van der Waals surface area (Å²) in [5.41, 5.74) is 0. The predicted octanol–water partition coefficient (Wildman–Crippen LogP) is 0.266. The molecule has 4 heteroatoms. The summed E-state index contributed by atoms with van der Waals surface area (Å²) in [7, 11) is 0. The summed E-state index contributed by atoms with van der Waals surface area (Å²) in [6.45, 7) is 6.54. The molecule has 1 heterocycles. The average molecular weight is 190 g/mol. The summed E-state index contributed by atoms with van der Waals surface area (Å²) in [6.07, 6.45) is 0. The van der Waals surface area contributed by atoms with Gasteiger partial charge < -0.3 is 10.1 Å². The Bertz CT molecular complexity index is 133. The van der Waals surface area contributed by atoms with Gasteiger partial charge in [0, 0.05) is 25.7 Å². The summed E-state index contributed by atoms with van der Waals surface area (Å²) in [4.78, 5) is 2.16. The first kappa shape index (κ1) is 10.9. The number of morpholine rings is 1. The molecule has 3 nitrogen and oxygen atoms in total. The fourth-order valence-electron chi connectivity index (χ4n) is 1.59. The van der Waals surface area contributed by atoms with Crippen LogP contribution in [0.25, 0.3) is 0 Å². The van der Waals surface area contributed by atoms with E-state index in [1.54, 1.807) is 0 Å². The number of hydrogen-bond acceptors (Lipinski definition) is 3.